The van der Waals surface area contributed by atoms with E-state index in [-0.39, 0.29) is 47.5 Å². The van der Waals surface area contributed by atoms with E-state index >= 15 is 0 Å². The summed E-state index contributed by atoms with van der Waals surface area (Å²) in [6.07, 6.45) is 4.52. The van der Waals surface area contributed by atoms with Crippen LogP contribution in [0.2, 0.25) is 0 Å². The van der Waals surface area contributed by atoms with Crippen molar-refractivity contribution in [2.24, 2.45) is 29.1 Å². The van der Waals surface area contributed by atoms with Gasteiger partial charge in [0.15, 0.2) is 22.8 Å². The molecule has 0 aliphatic carbocycles. The number of amides is 2. The van der Waals surface area contributed by atoms with Crippen molar-refractivity contribution in [3.63, 3.8) is 0 Å². The lowest BCUT2D eigenvalue weighted by molar-refractivity contribution is -0.137. The number of imidazole rings is 1. The van der Waals surface area contributed by atoms with Gasteiger partial charge in [-0.05, 0) is 23.7 Å². The first-order valence-corrected chi connectivity index (χ1v) is 28.6. The Hall–Kier alpha value is -2.44. The Morgan fingerprint density at radius 2 is 1.46 bits per heavy atom. The van der Waals surface area contributed by atoms with Gasteiger partial charge in [0.05, 0.1) is 19.5 Å². The molecule has 1 fully saturated rings. The minimum absolute atomic E-state index is 0.0332. The van der Waals surface area contributed by atoms with E-state index in [0.717, 1.165) is 60.1 Å². The fourth-order valence-corrected chi connectivity index (χ4v) is 11.2. The second-order valence-corrected chi connectivity index (χ2v) is 24.4. The topological polar surface area (TPSA) is 364 Å². The van der Waals surface area contributed by atoms with Gasteiger partial charge in [-0.3, -0.25) is 32.5 Å². The van der Waals surface area contributed by atoms with Crippen LogP contribution in [0, 0.1) is 29.1 Å². The van der Waals surface area contributed by atoms with Gasteiger partial charge in [-0.1, -0.05) is 118 Å². The van der Waals surface area contributed by atoms with Gasteiger partial charge in [-0.25, -0.2) is 28.6 Å². The van der Waals surface area contributed by atoms with Crippen LogP contribution < -0.4 is 16.4 Å². The van der Waals surface area contributed by atoms with E-state index in [9.17, 15) is 57.9 Å². The molecule has 69 heavy (non-hydrogen) atoms. The van der Waals surface area contributed by atoms with Crippen LogP contribution in [0.15, 0.2) is 12.7 Å². The summed E-state index contributed by atoms with van der Waals surface area (Å²) in [5.41, 5.74) is 4.29. The van der Waals surface area contributed by atoms with Crippen molar-refractivity contribution in [1.82, 2.24) is 30.2 Å². The highest BCUT2D eigenvalue weighted by atomic mass is 32.2. The maximum atomic E-state index is 12.8. The number of phosphoric ester groups is 3. The van der Waals surface area contributed by atoms with Gasteiger partial charge in [0, 0.05) is 37.1 Å². The fraction of sp³-hybridized carbons (Fsp3) is 0.805. The lowest BCUT2D eigenvalue weighted by Crippen LogP contribution is -2.46. The number of nitrogen functional groups attached to an aromatic ring is 1. The Balaban J connectivity index is 1.33. The first-order valence-electron chi connectivity index (χ1n) is 23.1. The molecule has 1 saturated heterocycles. The molecule has 3 heterocycles. The zero-order valence-corrected chi connectivity index (χ0v) is 44.0. The second kappa shape index (κ2) is 28.1. The number of nitrogens with two attached hydrogens (primary N) is 1. The minimum atomic E-state index is -5.58. The summed E-state index contributed by atoms with van der Waals surface area (Å²) in [6.45, 7) is 11.9. The van der Waals surface area contributed by atoms with E-state index in [1.165, 1.54) is 52.4 Å². The van der Waals surface area contributed by atoms with E-state index in [1.807, 2.05) is 0 Å². The largest absolute Gasteiger partial charge is 0.481 e. The van der Waals surface area contributed by atoms with Crippen molar-refractivity contribution >= 4 is 69.1 Å². The van der Waals surface area contributed by atoms with Gasteiger partial charge >= 0.3 is 23.5 Å². The zero-order chi connectivity index (χ0) is 51.7. The number of fused-ring (bicyclic) bond motifs is 1. The smallest absolute Gasteiger partial charge is 0.386 e. The zero-order valence-electron chi connectivity index (χ0n) is 40.5. The Kier molecular flexibility index (Phi) is 24.8. The number of hydrogen-bond donors (Lipinski definition) is 9. The van der Waals surface area contributed by atoms with Gasteiger partial charge in [0.25, 0.3) is 0 Å². The molecular formula is C41H74N7O17P3S. The molecule has 24 nitrogen and oxygen atoms in total. The molecule has 1 aliphatic rings. The molecule has 2 amide bonds. The maximum absolute atomic E-state index is 12.8. The van der Waals surface area contributed by atoms with Crippen molar-refractivity contribution in [1.29, 1.82) is 0 Å². The molecule has 2 unspecified atom stereocenters. The van der Waals surface area contributed by atoms with Crippen LogP contribution in [0.4, 0.5) is 5.82 Å². The van der Waals surface area contributed by atoms with Crippen LogP contribution in [0.1, 0.15) is 125 Å². The number of phosphoric acid groups is 3. The normalized spacial score (nSPS) is 21.4. The summed E-state index contributed by atoms with van der Waals surface area (Å²) in [6, 6.07) is 0. The average Bonchev–Trinajstić information content (AvgIpc) is 3.80. The summed E-state index contributed by atoms with van der Waals surface area (Å²) >= 11 is 1.16. The first-order chi connectivity index (χ1) is 32.1. The number of ether oxygens (including phenoxy) is 1. The van der Waals surface area contributed by atoms with Crippen LogP contribution in [0.3, 0.4) is 0 Å². The molecular weight excluding hydrogens is 987 g/mol. The predicted molar refractivity (Wildman–Crippen MR) is 256 cm³/mol. The molecule has 0 saturated carbocycles. The maximum Gasteiger partial charge on any atom is 0.481 e. The number of carbonyl (C=O) groups excluding carboxylic acids is 3. The Labute approximate surface area is 407 Å². The van der Waals surface area contributed by atoms with Crippen molar-refractivity contribution in [2.45, 2.75) is 150 Å². The number of aromatic nitrogens is 4. The molecule has 10 atom stereocenters. The fourth-order valence-electron chi connectivity index (χ4n) is 7.53. The molecule has 28 heteroatoms. The SMILES string of the molecule is CC(C)CCC[C@@H](C)CCC[C@@H](C)CCC[C@H](C)CC(=O)SCCNC(=O)CCNC(=O)[C@H](O)C(C)(C)COP(=O)(O)OP(=O)(O)OC[C@H]1O[C@@H](n2cnc3c(N)ncnc32)[C@H](O)[C@@H]1OP(=O)(O)O. The Morgan fingerprint density at radius 3 is 2.07 bits per heavy atom. The van der Waals surface area contributed by atoms with Crippen LogP contribution in [-0.4, -0.2) is 123 Å². The highest BCUT2D eigenvalue weighted by molar-refractivity contribution is 8.13. The third-order valence-corrected chi connectivity index (χ3v) is 15.5. The first kappa shape index (κ1) is 60.9. The average molecular weight is 1060 g/mol. The Morgan fingerprint density at radius 1 is 0.870 bits per heavy atom. The highest BCUT2D eigenvalue weighted by Crippen LogP contribution is 2.61. The summed E-state index contributed by atoms with van der Waals surface area (Å²) in [5, 5.41) is 26.7. The number of nitrogens with one attached hydrogen (secondary N) is 2. The van der Waals surface area contributed by atoms with Gasteiger partial charge in [-0.15, -0.1) is 0 Å². The van der Waals surface area contributed by atoms with Crippen molar-refractivity contribution in [3.05, 3.63) is 12.7 Å². The summed E-state index contributed by atoms with van der Waals surface area (Å²) in [4.78, 5) is 88.9. The number of carbonyl (C=O) groups is 3. The van der Waals surface area contributed by atoms with E-state index in [4.69, 9.17) is 19.5 Å². The lowest BCUT2D eigenvalue weighted by atomic mass is 9.87. The standard InChI is InChI=1S/C41H74N7O17P3S/c1-26(2)11-8-12-27(3)13-9-14-28(4)15-10-16-29(5)21-32(50)69-20-19-43-31(49)17-18-44-39(53)36(52)41(6,7)23-62-68(59,60)65-67(57,58)61-22-30-35(64-66(54,55)56)34(51)40(63-30)48-25-47-33-37(42)45-24-46-38(33)48/h24-30,34-36,40,51-52H,8-23H2,1-7H3,(H,43,49)(H,44,53)(H,57,58)(H,59,60)(H2,42,45,46)(H2,54,55,56)/t27-,28-,29+,30-,34-,35-,36+,40-/m1/s1. The lowest BCUT2D eigenvalue weighted by Gasteiger charge is -2.30. The van der Waals surface area contributed by atoms with Gasteiger partial charge in [0.2, 0.25) is 11.8 Å². The van der Waals surface area contributed by atoms with Crippen molar-refractivity contribution in [3.8, 4) is 0 Å². The molecule has 2 aromatic heterocycles. The summed E-state index contributed by atoms with van der Waals surface area (Å²) in [5.74, 6) is 1.45. The number of anilines is 1. The second-order valence-electron chi connectivity index (χ2n) is 19.0. The number of aliphatic hydroxyl groups excluding tert-OH is 2. The molecule has 0 aromatic carbocycles. The third kappa shape index (κ3) is 22.1. The number of hydrogen-bond acceptors (Lipinski definition) is 18. The van der Waals surface area contributed by atoms with Gasteiger partial charge in [-0.2, -0.15) is 4.31 Å². The van der Waals surface area contributed by atoms with E-state index in [0.29, 0.717) is 18.1 Å². The van der Waals surface area contributed by atoms with Crippen LogP contribution >= 0.6 is 35.2 Å². The predicted octanol–water partition coefficient (Wildman–Crippen LogP) is 5.13. The molecule has 396 valence electrons. The van der Waals surface area contributed by atoms with E-state index in [1.54, 1.807) is 0 Å². The van der Waals surface area contributed by atoms with Crippen LogP contribution in [0.25, 0.3) is 11.2 Å². The monoisotopic (exact) mass is 1060 g/mol. The van der Waals surface area contributed by atoms with Crippen LogP contribution in [0.5, 0.6) is 0 Å². The number of nitrogens with zero attached hydrogens (tertiary/aromatic N) is 4. The Bertz CT molecular complexity index is 2100. The summed E-state index contributed by atoms with van der Waals surface area (Å²) in [7, 11) is -16.4. The van der Waals surface area contributed by atoms with Gasteiger partial charge < -0.3 is 50.9 Å². The highest BCUT2D eigenvalue weighted by Gasteiger charge is 2.50. The van der Waals surface area contributed by atoms with Crippen LogP contribution in [-0.2, 0) is 50.7 Å². The summed E-state index contributed by atoms with van der Waals surface area (Å²) < 4.78 is 62.5. The van der Waals surface area contributed by atoms with E-state index in [2.05, 4.69) is 69.0 Å². The number of rotatable bonds is 33. The molecule has 0 spiro atoms. The van der Waals surface area contributed by atoms with Crippen molar-refractivity contribution in [2.75, 3.05) is 37.8 Å². The van der Waals surface area contributed by atoms with Crippen molar-refractivity contribution < 1.29 is 80.5 Å². The van der Waals surface area contributed by atoms with E-state index < -0.39 is 84.6 Å². The molecule has 2 aromatic rings. The minimum Gasteiger partial charge on any atom is -0.386 e. The molecule has 10 N–H and O–H groups in total. The number of thioether (sulfide) groups is 1. The molecule has 0 radical (unpaired) electrons. The molecule has 3 rings (SSSR count). The quantitative estimate of drug-likeness (QED) is 0.0330. The third-order valence-electron chi connectivity index (χ3n) is 11.5. The molecule has 1 aliphatic heterocycles. The molecule has 0 bridgehead atoms. The van der Waals surface area contributed by atoms with Gasteiger partial charge in [0.1, 0.15) is 36.3 Å². The number of aliphatic hydroxyl groups is 2.